The number of fused-ring (bicyclic) bond motifs is 1. The number of imidazole rings is 1. The first-order valence-corrected chi connectivity index (χ1v) is 7.74. The molecule has 2 aromatic rings. The van der Waals surface area contributed by atoms with Crippen molar-refractivity contribution in [3.63, 3.8) is 0 Å². The third kappa shape index (κ3) is 4.80. The van der Waals surface area contributed by atoms with Gasteiger partial charge in [0, 0.05) is 12.7 Å². The molecule has 0 fully saturated rings. The monoisotopic (exact) mass is 371 g/mol. The van der Waals surface area contributed by atoms with Gasteiger partial charge in [-0.15, -0.1) is 13.2 Å². The fourth-order valence-corrected chi connectivity index (χ4v) is 2.46. The molecule has 140 valence electrons. The minimum Gasteiger partial charge on any atom is -0.461 e. The van der Waals surface area contributed by atoms with E-state index in [2.05, 4.69) is 15.0 Å². The number of carbonyl (C=O) groups excluding carboxylic acids is 1. The van der Waals surface area contributed by atoms with Gasteiger partial charge in [-0.1, -0.05) is 12.1 Å². The molecule has 0 bridgehead atoms. The molecule has 7 nitrogen and oxygen atoms in total. The topological polar surface area (TPSA) is 74.6 Å². The van der Waals surface area contributed by atoms with Crippen LogP contribution in [0.2, 0.25) is 0 Å². The van der Waals surface area contributed by atoms with E-state index in [0.717, 1.165) is 5.69 Å². The highest BCUT2D eigenvalue weighted by Crippen LogP contribution is 2.22. The van der Waals surface area contributed by atoms with Crippen LogP contribution >= 0.6 is 0 Å². The van der Waals surface area contributed by atoms with Crippen molar-refractivity contribution in [2.45, 2.75) is 32.5 Å². The Morgan fingerprint density at radius 1 is 1.38 bits per heavy atom. The lowest BCUT2D eigenvalue weighted by atomic mass is 10.2. The Balaban J connectivity index is 1.46. The average Bonchev–Trinajstić information content (AvgIpc) is 2.92. The molecule has 1 aromatic heterocycles. The normalized spacial score (nSPS) is 16.4. The van der Waals surface area contributed by atoms with Crippen LogP contribution < -0.4 is 14.8 Å². The Hall–Kier alpha value is -2.91. The van der Waals surface area contributed by atoms with Crippen LogP contribution in [0.3, 0.4) is 0 Å². The molecule has 0 radical (unpaired) electrons. The SMILES string of the molecule is Cc1cn2c(n1)OCC(OC(=O)NCc1ccc(OC(F)(F)F)cc1)C2. The van der Waals surface area contributed by atoms with E-state index in [4.69, 9.17) is 9.47 Å². The summed E-state index contributed by atoms with van der Waals surface area (Å²) in [5.74, 6) is -0.324. The van der Waals surface area contributed by atoms with Crippen molar-refractivity contribution in [1.29, 1.82) is 0 Å². The van der Waals surface area contributed by atoms with Gasteiger partial charge in [0.1, 0.15) is 12.4 Å². The van der Waals surface area contributed by atoms with E-state index in [9.17, 15) is 18.0 Å². The summed E-state index contributed by atoms with van der Waals surface area (Å²) in [6.45, 7) is 2.58. The molecule has 3 rings (SSSR count). The highest BCUT2D eigenvalue weighted by Gasteiger charge is 2.31. The molecule has 10 heteroatoms. The lowest BCUT2D eigenvalue weighted by Gasteiger charge is -2.24. The number of benzene rings is 1. The number of ether oxygens (including phenoxy) is 3. The molecule has 2 heterocycles. The zero-order valence-electron chi connectivity index (χ0n) is 13.7. The molecule has 0 aliphatic carbocycles. The maximum atomic E-state index is 12.1. The van der Waals surface area contributed by atoms with Gasteiger partial charge in [0.05, 0.1) is 12.2 Å². The first-order valence-electron chi connectivity index (χ1n) is 7.74. The number of aryl methyl sites for hydroxylation is 1. The highest BCUT2D eigenvalue weighted by atomic mass is 19.4. The fourth-order valence-electron chi connectivity index (χ4n) is 2.46. The Labute approximate surface area is 146 Å². The second-order valence-corrected chi connectivity index (χ2v) is 5.70. The Bertz CT molecular complexity index is 774. The quantitative estimate of drug-likeness (QED) is 0.895. The third-order valence-electron chi connectivity index (χ3n) is 3.53. The molecule has 1 aliphatic rings. The number of hydrogen-bond donors (Lipinski definition) is 1. The van der Waals surface area contributed by atoms with Crippen LogP contribution in [-0.2, 0) is 17.8 Å². The lowest BCUT2D eigenvalue weighted by molar-refractivity contribution is -0.274. The van der Waals surface area contributed by atoms with E-state index in [1.54, 1.807) is 10.8 Å². The van der Waals surface area contributed by atoms with Gasteiger partial charge in [-0.3, -0.25) is 4.57 Å². The number of halogens is 3. The summed E-state index contributed by atoms with van der Waals surface area (Å²) in [7, 11) is 0. The van der Waals surface area contributed by atoms with Crippen LogP contribution in [0.5, 0.6) is 11.8 Å². The van der Waals surface area contributed by atoms with E-state index in [0.29, 0.717) is 18.1 Å². The third-order valence-corrected chi connectivity index (χ3v) is 3.53. The van der Waals surface area contributed by atoms with Crippen molar-refractivity contribution in [3.05, 3.63) is 41.7 Å². The van der Waals surface area contributed by atoms with E-state index in [1.165, 1.54) is 24.3 Å². The van der Waals surface area contributed by atoms with Crippen LogP contribution in [0.1, 0.15) is 11.3 Å². The van der Waals surface area contributed by atoms with Crippen molar-refractivity contribution in [2.24, 2.45) is 0 Å². The van der Waals surface area contributed by atoms with Gasteiger partial charge in [-0.05, 0) is 24.6 Å². The van der Waals surface area contributed by atoms with Gasteiger partial charge in [-0.25, -0.2) is 9.78 Å². The number of alkyl halides is 3. The minimum absolute atomic E-state index is 0.105. The summed E-state index contributed by atoms with van der Waals surface area (Å²) in [5.41, 5.74) is 1.41. The molecule has 0 saturated heterocycles. The van der Waals surface area contributed by atoms with Gasteiger partial charge in [-0.2, -0.15) is 0 Å². The molecule has 1 amide bonds. The fraction of sp³-hybridized carbons (Fsp3) is 0.375. The number of alkyl carbamates (subject to hydrolysis) is 1. The van der Waals surface area contributed by atoms with Crippen molar-refractivity contribution in [2.75, 3.05) is 6.61 Å². The smallest absolute Gasteiger partial charge is 0.461 e. The van der Waals surface area contributed by atoms with Crippen LogP contribution in [-0.4, -0.2) is 34.7 Å². The molecule has 1 aromatic carbocycles. The van der Waals surface area contributed by atoms with Crippen LogP contribution in [0.15, 0.2) is 30.5 Å². The van der Waals surface area contributed by atoms with Crippen molar-refractivity contribution in [1.82, 2.24) is 14.9 Å². The van der Waals surface area contributed by atoms with Gasteiger partial charge >= 0.3 is 12.5 Å². The predicted octanol–water partition coefficient (Wildman–Crippen LogP) is 2.78. The number of carbonyl (C=O) groups is 1. The molecule has 1 atom stereocenters. The maximum absolute atomic E-state index is 12.1. The zero-order chi connectivity index (χ0) is 18.7. The van der Waals surface area contributed by atoms with E-state index < -0.39 is 18.6 Å². The number of aromatic nitrogens is 2. The van der Waals surface area contributed by atoms with Crippen molar-refractivity contribution >= 4 is 6.09 Å². The zero-order valence-corrected chi connectivity index (χ0v) is 13.7. The molecule has 0 saturated carbocycles. The number of nitrogens with zero attached hydrogens (tertiary/aromatic N) is 2. The maximum Gasteiger partial charge on any atom is 0.573 e. The first-order chi connectivity index (χ1) is 12.3. The molecule has 0 spiro atoms. The number of amides is 1. The molecule has 1 N–H and O–H groups in total. The van der Waals surface area contributed by atoms with Gasteiger partial charge < -0.3 is 19.5 Å². The second kappa shape index (κ2) is 7.14. The summed E-state index contributed by atoms with van der Waals surface area (Å²) in [6.07, 6.45) is -4.04. The molecule has 1 aliphatic heterocycles. The summed E-state index contributed by atoms with van der Waals surface area (Å²) in [4.78, 5) is 16.0. The predicted molar refractivity (Wildman–Crippen MR) is 82.7 cm³/mol. The van der Waals surface area contributed by atoms with Gasteiger partial charge in [0.2, 0.25) is 0 Å². The van der Waals surface area contributed by atoms with Crippen molar-refractivity contribution < 1.29 is 32.2 Å². The number of nitrogens with one attached hydrogen (secondary N) is 1. The van der Waals surface area contributed by atoms with E-state index >= 15 is 0 Å². The molecular formula is C16H16F3N3O4. The molecule has 1 unspecified atom stereocenters. The Kier molecular flexibility index (Phi) is 4.92. The van der Waals surface area contributed by atoms with Crippen LogP contribution in [0.25, 0.3) is 0 Å². The number of rotatable bonds is 4. The molecular weight excluding hydrogens is 355 g/mol. The van der Waals surface area contributed by atoms with Gasteiger partial charge in [0.15, 0.2) is 6.10 Å². The summed E-state index contributed by atoms with van der Waals surface area (Å²) in [5, 5.41) is 2.54. The Morgan fingerprint density at radius 3 is 2.81 bits per heavy atom. The summed E-state index contributed by atoms with van der Waals surface area (Å²) < 4.78 is 52.5. The lowest BCUT2D eigenvalue weighted by Crippen LogP contribution is -2.37. The minimum atomic E-state index is -4.74. The molecule has 26 heavy (non-hydrogen) atoms. The van der Waals surface area contributed by atoms with E-state index in [1.807, 2.05) is 6.92 Å². The average molecular weight is 371 g/mol. The Morgan fingerprint density at radius 2 is 2.12 bits per heavy atom. The van der Waals surface area contributed by atoms with Crippen LogP contribution in [0.4, 0.5) is 18.0 Å². The largest absolute Gasteiger partial charge is 0.573 e. The standard InChI is InChI=1S/C16H16F3N3O4/c1-10-7-22-8-13(9-24-14(22)21-10)25-15(23)20-6-11-2-4-12(5-3-11)26-16(17,18)19/h2-5,7,13H,6,8-9H2,1H3,(H,20,23). The number of hydrogen-bond acceptors (Lipinski definition) is 5. The van der Waals surface area contributed by atoms with E-state index in [-0.39, 0.29) is 18.9 Å². The first kappa shape index (κ1) is 17.9. The highest BCUT2D eigenvalue weighted by molar-refractivity contribution is 5.67. The summed E-state index contributed by atoms with van der Waals surface area (Å²) in [6, 6.07) is 5.68. The van der Waals surface area contributed by atoms with Gasteiger partial charge in [0.25, 0.3) is 6.01 Å². The summed E-state index contributed by atoms with van der Waals surface area (Å²) >= 11 is 0. The van der Waals surface area contributed by atoms with Crippen LogP contribution in [0, 0.1) is 6.92 Å². The van der Waals surface area contributed by atoms with Crippen molar-refractivity contribution in [3.8, 4) is 11.8 Å². The second-order valence-electron chi connectivity index (χ2n) is 5.70.